The summed E-state index contributed by atoms with van der Waals surface area (Å²) in [6.07, 6.45) is 7.98. The lowest BCUT2D eigenvalue weighted by Crippen LogP contribution is -2.14. The van der Waals surface area contributed by atoms with Gasteiger partial charge in [0.1, 0.15) is 0 Å². The van der Waals surface area contributed by atoms with E-state index in [2.05, 4.69) is 5.32 Å². The first-order valence-electron chi connectivity index (χ1n) is 8.02. The van der Waals surface area contributed by atoms with E-state index in [4.69, 9.17) is 10.5 Å². The van der Waals surface area contributed by atoms with Crippen LogP contribution in [0.15, 0.2) is 18.2 Å². The number of anilines is 2. The zero-order chi connectivity index (χ0) is 15.1. The lowest BCUT2D eigenvalue weighted by Gasteiger charge is -2.22. The molecular weight excluding hydrogens is 264 g/mol. The fraction of sp³-hybridized carbons (Fsp3) is 0.588. The summed E-state index contributed by atoms with van der Waals surface area (Å²) in [5.74, 6) is 0.478. The normalized spacial score (nSPS) is 15.7. The molecule has 1 aliphatic carbocycles. The number of hydrogen-bond donors (Lipinski definition) is 2. The Morgan fingerprint density at radius 3 is 2.81 bits per heavy atom. The predicted octanol–water partition coefficient (Wildman–Crippen LogP) is 3.83. The minimum atomic E-state index is -0.356. The summed E-state index contributed by atoms with van der Waals surface area (Å²) in [6.45, 7) is 3.05. The predicted molar refractivity (Wildman–Crippen MR) is 86.5 cm³/mol. The number of carbonyl (C=O) groups is 1. The lowest BCUT2D eigenvalue weighted by atomic mass is 9.87. The molecule has 1 saturated carbocycles. The maximum Gasteiger partial charge on any atom is 0.340 e. The summed E-state index contributed by atoms with van der Waals surface area (Å²) in [5, 5.41) is 3.36. The number of carbonyl (C=O) groups excluding carboxylic acids is 1. The van der Waals surface area contributed by atoms with Crippen LogP contribution in [0.5, 0.6) is 0 Å². The van der Waals surface area contributed by atoms with Crippen LogP contribution in [-0.2, 0) is 4.74 Å². The molecule has 0 aromatic heterocycles. The van der Waals surface area contributed by atoms with E-state index in [1.54, 1.807) is 13.0 Å². The molecule has 116 valence electrons. The van der Waals surface area contributed by atoms with Gasteiger partial charge in [-0.3, -0.25) is 0 Å². The number of hydrogen-bond acceptors (Lipinski definition) is 4. The first-order valence-corrected chi connectivity index (χ1v) is 8.02. The van der Waals surface area contributed by atoms with Crippen molar-refractivity contribution in [3.63, 3.8) is 0 Å². The molecule has 4 heteroatoms. The van der Waals surface area contributed by atoms with Gasteiger partial charge in [0.25, 0.3) is 0 Å². The molecule has 4 nitrogen and oxygen atoms in total. The van der Waals surface area contributed by atoms with Gasteiger partial charge in [0.15, 0.2) is 0 Å². The monoisotopic (exact) mass is 290 g/mol. The van der Waals surface area contributed by atoms with Crippen molar-refractivity contribution in [3.05, 3.63) is 23.8 Å². The number of nitrogen functional groups attached to an aromatic ring is 1. The smallest absolute Gasteiger partial charge is 0.340 e. The number of ether oxygens (including phenoxy) is 1. The Kier molecular flexibility index (Phi) is 5.90. The van der Waals surface area contributed by atoms with Crippen molar-refractivity contribution in [2.24, 2.45) is 5.92 Å². The summed E-state index contributed by atoms with van der Waals surface area (Å²) in [7, 11) is 0. The van der Waals surface area contributed by atoms with Crippen molar-refractivity contribution in [1.29, 1.82) is 0 Å². The van der Waals surface area contributed by atoms with Crippen molar-refractivity contribution >= 4 is 17.3 Å². The van der Waals surface area contributed by atoms with Crippen molar-refractivity contribution in [1.82, 2.24) is 0 Å². The maximum absolute atomic E-state index is 11.8. The zero-order valence-corrected chi connectivity index (χ0v) is 12.9. The quantitative estimate of drug-likeness (QED) is 0.617. The van der Waals surface area contributed by atoms with Gasteiger partial charge in [-0.05, 0) is 31.4 Å². The highest BCUT2D eigenvalue weighted by atomic mass is 16.5. The summed E-state index contributed by atoms with van der Waals surface area (Å²) < 4.78 is 5.02. The van der Waals surface area contributed by atoms with E-state index >= 15 is 0 Å². The van der Waals surface area contributed by atoms with Crippen LogP contribution >= 0.6 is 0 Å². The molecule has 0 atom stereocenters. The molecule has 1 aromatic rings. The number of nitrogens with one attached hydrogen (secondary N) is 1. The lowest BCUT2D eigenvalue weighted by molar-refractivity contribution is 0.0527. The summed E-state index contributed by atoms with van der Waals surface area (Å²) in [6, 6.07) is 5.46. The topological polar surface area (TPSA) is 64.3 Å². The van der Waals surface area contributed by atoms with E-state index in [1.165, 1.54) is 38.5 Å². The Morgan fingerprint density at radius 2 is 2.10 bits per heavy atom. The SMILES string of the molecule is CCOC(=O)c1cccc(NCCC2CCCCC2)c1N. The van der Waals surface area contributed by atoms with Crippen LogP contribution < -0.4 is 11.1 Å². The zero-order valence-electron chi connectivity index (χ0n) is 12.9. The van der Waals surface area contributed by atoms with Gasteiger partial charge in [-0.25, -0.2) is 4.79 Å². The molecular formula is C17H26N2O2. The fourth-order valence-electron chi connectivity index (χ4n) is 2.99. The molecule has 0 saturated heterocycles. The van der Waals surface area contributed by atoms with Gasteiger partial charge < -0.3 is 15.8 Å². The Morgan fingerprint density at radius 1 is 1.33 bits per heavy atom. The van der Waals surface area contributed by atoms with Crippen LogP contribution in [0.2, 0.25) is 0 Å². The molecule has 0 radical (unpaired) electrons. The van der Waals surface area contributed by atoms with Crippen molar-refractivity contribution < 1.29 is 9.53 Å². The molecule has 0 aliphatic heterocycles. The van der Waals surface area contributed by atoms with Gasteiger partial charge in [0.2, 0.25) is 0 Å². The Bertz CT molecular complexity index is 468. The van der Waals surface area contributed by atoms with Crippen LogP contribution in [0, 0.1) is 5.92 Å². The summed E-state index contributed by atoms with van der Waals surface area (Å²) in [5.41, 5.74) is 7.83. The van der Waals surface area contributed by atoms with Gasteiger partial charge in [-0.1, -0.05) is 38.2 Å². The van der Waals surface area contributed by atoms with E-state index in [0.717, 1.165) is 18.2 Å². The molecule has 0 amide bonds. The van der Waals surface area contributed by atoms with E-state index in [1.807, 2.05) is 12.1 Å². The third kappa shape index (κ3) is 4.38. The molecule has 21 heavy (non-hydrogen) atoms. The van der Waals surface area contributed by atoms with Gasteiger partial charge in [-0.15, -0.1) is 0 Å². The van der Waals surface area contributed by atoms with Crippen LogP contribution in [0.4, 0.5) is 11.4 Å². The summed E-state index contributed by atoms with van der Waals surface area (Å²) in [4.78, 5) is 11.8. The van der Waals surface area contributed by atoms with Gasteiger partial charge in [-0.2, -0.15) is 0 Å². The van der Waals surface area contributed by atoms with E-state index in [-0.39, 0.29) is 5.97 Å². The minimum absolute atomic E-state index is 0.356. The molecule has 3 N–H and O–H groups in total. The molecule has 0 unspecified atom stereocenters. The molecule has 1 aliphatic rings. The third-order valence-corrected chi connectivity index (χ3v) is 4.19. The first kappa shape index (κ1) is 15.7. The number of esters is 1. The van der Waals surface area contributed by atoms with E-state index in [9.17, 15) is 4.79 Å². The molecule has 2 rings (SSSR count). The standard InChI is InChI=1S/C17H26N2O2/c1-2-21-17(20)14-9-6-10-15(16(14)18)19-12-11-13-7-4-3-5-8-13/h6,9-10,13,19H,2-5,7-8,11-12,18H2,1H3. The van der Waals surface area contributed by atoms with Gasteiger partial charge in [0.05, 0.1) is 23.5 Å². The Hall–Kier alpha value is -1.71. The maximum atomic E-state index is 11.8. The van der Waals surface area contributed by atoms with Crippen LogP contribution in [0.3, 0.4) is 0 Å². The average Bonchev–Trinajstić information content (AvgIpc) is 2.50. The van der Waals surface area contributed by atoms with Gasteiger partial charge in [0, 0.05) is 6.54 Å². The fourth-order valence-corrected chi connectivity index (χ4v) is 2.99. The molecule has 0 bridgehead atoms. The summed E-state index contributed by atoms with van der Waals surface area (Å²) >= 11 is 0. The number of benzene rings is 1. The van der Waals surface area contributed by atoms with Crippen LogP contribution in [-0.4, -0.2) is 19.1 Å². The van der Waals surface area contributed by atoms with Crippen LogP contribution in [0.25, 0.3) is 0 Å². The third-order valence-electron chi connectivity index (χ3n) is 4.19. The largest absolute Gasteiger partial charge is 0.462 e. The Labute approximate surface area is 127 Å². The number of para-hydroxylation sites is 1. The van der Waals surface area contributed by atoms with Crippen molar-refractivity contribution in [3.8, 4) is 0 Å². The minimum Gasteiger partial charge on any atom is -0.462 e. The first-order chi connectivity index (χ1) is 10.2. The molecule has 0 heterocycles. The molecule has 1 fully saturated rings. The van der Waals surface area contributed by atoms with Crippen molar-refractivity contribution in [2.45, 2.75) is 45.4 Å². The van der Waals surface area contributed by atoms with Crippen molar-refractivity contribution in [2.75, 3.05) is 24.2 Å². The number of rotatable bonds is 6. The second-order valence-electron chi connectivity index (χ2n) is 5.71. The highest BCUT2D eigenvalue weighted by Crippen LogP contribution is 2.27. The second-order valence-corrected chi connectivity index (χ2v) is 5.71. The highest BCUT2D eigenvalue weighted by Gasteiger charge is 2.15. The average molecular weight is 290 g/mol. The second kappa shape index (κ2) is 7.91. The highest BCUT2D eigenvalue weighted by molar-refractivity contribution is 5.98. The molecule has 0 spiro atoms. The molecule has 1 aromatic carbocycles. The van der Waals surface area contributed by atoms with Crippen LogP contribution in [0.1, 0.15) is 55.8 Å². The van der Waals surface area contributed by atoms with E-state index < -0.39 is 0 Å². The Balaban J connectivity index is 1.90. The number of nitrogens with two attached hydrogens (primary N) is 1. The van der Waals surface area contributed by atoms with Gasteiger partial charge >= 0.3 is 5.97 Å². The van der Waals surface area contributed by atoms with E-state index in [0.29, 0.717) is 17.9 Å².